The molecule has 0 aliphatic heterocycles. The van der Waals surface area contributed by atoms with Gasteiger partial charge in [-0.1, -0.05) is 335 Å². The van der Waals surface area contributed by atoms with E-state index in [1.165, 1.54) is 270 Å². The number of unbranched alkanes of at least 4 members (excludes halogenated alkanes) is 49. The van der Waals surface area contributed by atoms with Crippen molar-refractivity contribution in [2.24, 2.45) is 0 Å². The zero-order valence-electron chi connectivity index (χ0n) is 49.7. The van der Waals surface area contributed by atoms with Gasteiger partial charge in [0.05, 0.1) is 0 Å². The standard InChI is InChI=1S/C67H128O6/c1-4-7-10-13-16-19-22-24-26-28-30-31-32-33-34-35-36-38-39-41-43-45-48-51-54-57-60-66(69)72-63-64(62-71-65(68)59-56-53-50-47-21-18-15-12-9-6-3)73-67(70)61-58-55-52-49-46-44-42-40-37-29-27-25-23-20-17-14-11-8-5-2/h12,15,64H,4-11,13-14,16-63H2,1-3H3/b15-12-. The second-order valence-electron chi connectivity index (χ2n) is 22.7. The van der Waals surface area contributed by atoms with Gasteiger partial charge in [-0.25, -0.2) is 0 Å². The lowest BCUT2D eigenvalue weighted by atomic mass is 10.0. The number of esters is 3. The molecule has 0 saturated heterocycles. The molecule has 6 heteroatoms. The van der Waals surface area contributed by atoms with Crippen LogP contribution in [0.2, 0.25) is 0 Å². The molecule has 1 atom stereocenters. The van der Waals surface area contributed by atoms with Gasteiger partial charge in [0.2, 0.25) is 0 Å². The molecule has 1 unspecified atom stereocenters. The Bertz CT molecular complexity index is 1130. The molecule has 0 aromatic heterocycles. The average Bonchev–Trinajstić information content (AvgIpc) is 3.39. The van der Waals surface area contributed by atoms with Gasteiger partial charge in [-0.05, 0) is 38.5 Å². The van der Waals surface area contributed by atoms with E-state index in [0.29, 0.717) is 19.3 Å². The zero-order valence-corrected chi connectivity index (χ0v) is 49.7. The van der Waals surface area contributed by atoms with E-state index in [1.807, 2.05) is 0 Å². The summed E-state index contributed by atoms with van der Waals surface area (Å²) in [7, 11) is 0. The van der Waals surface area contributed by atoms with Gasteiger partial charge in [-0.15, -0.1) is 0 Å². The van der Waals surface area contributed by atoms with Crippen LogP contribution in [0.15, 0.2) is 12.2 Å². The van der Waals surface area contributed by atoms with Crippen molar-refractivity contribution in [2.45, 2.75) is 386 Å². The van der Waals surface area contributed by atoms with Crippen LogP contribution in [0.5, 0.6) is 0 Å². The molecular formula is C67H128O6. The third kappa shape index (κ3) is 60.9. The third-order valence-electron chi connectivity index (χ3n) is 15.3. The Hall–Kier alpha value is -1.85. The van der Waals surface area contributed by atoms with Crippen molar-refractivity contribution in [3.8, 4) is 0 Å². The SMILES string of the molecule is CCC/C=C\CCCCCCCC(=O)OCC(COC(=O)CCCCCCCCCCCCCCCCCCCCCCCCCCCC)OC(=O)CCCCCCCCCCCCCCCCCCCCC. The summed E-state index contributed by atoms with van der Waals surface area (Å²) in [4.78, 5) is 38.2. The van der Waals surface area contributed by atoms with Gasteiger partial charge in [0.1, 0.15) is 13.2 Å². The van der Waals surface area contributed by atoms with E-state index < -0.39 is 6.10 Å². The first-order valence-electron chi connectivity index (χ1n) is 33.2. The van der Waals surface area contributed by atoms with Crippen LogP contribution in [-0.2, 0) is 28.6 Å². The number of hydrogen-bond donors (Lipinski definition) is 0. The topological polar surface area (TPSA) is 78.9 Å². The number of ether oxygens (including phenoxy) is 3. The van der Waals surface area contributed by atoms with Crippen LogP contribution in [0.3, 0.4) is 0 Å². The monoisotopic (exact) mass is 1030 g/mol. The Labute approximate surface area is 456 Å². The number of carbonyl (C=O) groups excluding carboxylic acids is 3. The number of hydrogen-bond acceptors (Lipinski definition) is 6. The van der Waals surface area contributed by atoms with E-state index in [0.717, 1.165) is 70.6 Å². The number of allylic oxidation sites excluding steroid dienone is 2. The van der Waals surface area contributed by atoms with Gasteiger partial charge in [-0.2, -0.15) is 0 Å². The summed E-state index contributed by atoms with van der Waals surface area (Å²) in [6.07, 6.45) is 73.9. The molecule has 0 spiro atoms. The fourth-order valence-corrected chi connectivity index (χ4v) is 10.3. The molecule has 0 rings (SSSR count). The summed E-state index contributed by atoms with van der Waals surface area (Å²) in [6.45, 7) is 6.65. The second kappa shape index (κ2) is 62.7. The van der Waals surface area contributed by atoms with Crippen molar-refractivity contribution in [1.82, 2.24) is 0 Å². The first-order chi connectivity index (χ1) is 36.0. The van der Waals surface area contributed by atoms with Crippen LogP contribution in [0.25, 0.3) is 0 Å². The maximum absolute atomic E-state index is 12.9. The number of rotatable bonds is 62. The zero-order chi connectivity index (χ0) is 52.9. The molecule has 432 valence electrons. The molecule has 0 radical (unpaired) electrons. The molecule has 0 fully saturated rings. The number of carbonyl (C=O) groups is 3. The highest BCUT2D eigenvalue weighted by Crippen LogP contribution is 2.19. The van der Waals surface area contributed by atoms with Crippen molar-refractivity contribution in [3.63, 3.8) is 0 Å². The van der Waals surface area contributed by atoms with Gasteiger partial charge in [0.15, 0.2) is 6.10 Å². The minimum Gasteiger partial charge on any atom is -0.462 e. The summed E-state index contributed by atoms with van der Waals surface area (Å²) in [6, 6.07) is 0. The second-order valence-corrected chi connectivity index (χ2v) is 22.7. The molecule has 0 aliphatic carbocycles. The van der Waals surface area contributed by atoms with Crippen LogP contribution in [0.1, 0.15) is 380 Å². The van der Waals surface area contributed by atoms with Crippen LogP contribution >= 0.6 is 0 Å². The van der Waals surface area contributed by atoms with Crippen LogP contribution in [-0.4, -0.2) is 37.2 Å². The Balaban J connectivity index is 4.12. The van der Waals surface area contributed by atoms with E-state index in [1.54, 1.807) is 0 Å². The molecule has 73 heavy (non-hydrogen) atoms. The molecule has 0 saturated carbocycles. The predicted molar refractivity (Wildman–Crippen MR) is 317 cm³/mol. The predicted octanol–water partition coefficient (Wildman–Crippen LogP) is 22.4. The van der Waals surface area contributed by atoms with Gasteiger partial charge in [0.25, 0.3) is 0 Å². The van der Waals surface area contributed by atoms with Gasteiger partial charge in [-0.3, -0.25) is 14.4 Å². The maximum Gasteiger partial charge on any atom is 0.306 e. The molecule has 0 aliphatic rings. The highest BCUT2D eigenvalue weighted by Gasteiger charge is 2.19. The summed E-state index contributed by atoms with van der Waals surface area (Å²) < 4.78 is 16.9. The summed E-state index contributed by atoms with van der Waals surface area (Å²) in [5, 5.41) is 0. The van der Waals surface area contributed by atoms with E-state index in [4.69, 9.17) is 14.2 Å². The fourth-order valence-electron chi connectivity index (χ4n) is 10.3. The summed E-state index contributed by atoms with van der Waals surface area (Å²) >= 11 is 0. The first-order valence-corrected chi connectivity index (χ1v) is 33.2. The Morgan fingerprint density at radius 3 is 0.740 bits per heavy atom. The van der Waals surface area contributed by atoms with Gasteiger partial charge in [0, 0.05) is 19.3 Å². The van der Waals surface area contributed by atoms with Crippen molar-refractivity contribution in [1.29, 1.82) is 0 Å². The maximum atomic E-state index is 12.9. The Morgan fingerprint density at radius 1 is 0.260 bits per heavy atom. The normalized spacial score (nSPS) is 12.0. The fraction of sp³-hybridized carbons (Fsp3) is 0.925. The van der Waals surface area contributed by atoms with Gasteiger partial charge < -0.3 is 14.2 Å². The molecule has 0 aromatic carbocycles. The van der Waals surface area contributed by atoms with E-state index in [9.17, 15) is 14.4 Å². The van der Waals surface area contributed by atoms with Crippen LogP contribution in [0.4, 0.5) is 0 Å². The molecule has 0 amide bonds. The molecule has 0 heterocycles. The van der Waals surface area contributed by atoms with Crippen molar-refractivity contribution >= 4 is 17.9 Å². The Kier molecular flexibility index (Phi) is 61.1. The molecule has 0 bridgehead atoms. The molecular weight excluding hydrogens is 901 g/mol. The molecule has 6 nitrogen and oxygen atoms in total. The summed E-state index contributed by atoms with van der Waals surface area (Å²) in [5.41, 5.74) is 0. The van der Waals surface area contributed by atoms with Gasteiger partial charge >= 0.3 is 17.9 Å². The first kappa shape index (κ1) is 71.2. The minimum absolute atomic E-state index is 0.0662. The van der Waals surface area contributed by atoms with E-state index >= 15 is 0 Å². The van der Waals surface area contributed by atoms with Crippen LogP contribution in [0, 0.1) is 0 Å². The van der Waals surface area contributed by atoms with Crippen molar-refractivity contribution < 1.29 is 28.6 Å². The summed E-state index contributed by atoms with van der Waals surface area (Å²) in [5.74, 6) is -0.848. The average molecular weight is 1030 g/mol. The van der Waals surface area contributed by atoms with E-state index in [2.05, 4.69) is 32.9 Å². The third-order valence-corrected chi connectivity index (χ3v) is 15.3. The Morgan fingerprint density at radius 2 is 0.479 bits per heavy atom. The van der Waals surface area contributed by atoms with Crippen LogP contribution < -0.4 is 0 Å². The lowest BCUT2D eigenvalue weighted by Crippen LogP contribution is -2.30. The lowest BCUT2D eigenvalue weighted by molar-refractivity contribution is -0.167. The lowest BCUT2D eigenvalue weighted by Gasteiger charge is -2.18. The minimum atomic E-state index is -0.768. The highest BCUT2D eigenvalue weighted by atomic mass is 16.6. The highest BCUT2D eigenvalue weighted by molar-refractivity contribution is 5.71. The van der Waals surface area contributed by atoms with E-state index in [-0.39, 0.29) is 31.1 Å². The molecule has 0 aromatic rings. The van der Waals surface area contributed by atoms with Crippen molar-refractivity contribution in [2.75, 3.05) is 13.2 Å². The quantitative estimate of drug-likeness (QED) is 0.0261. The largest absolute Gasteiger partial charge is 0.462 e. The molecule has 0 N–H and O–H groups in total. The smallest absolute Gasteiger partial charge is 0.306 e. The van der Waals surface area contributed by atoms with Crippen molar-refractivity contribution in [3.05, 3.63) is 12.2 Å².